The Kier molecular flexibility index (Phi) is 4.60. The normalized spacial score (nSPS) is 17.4. The van der Waals surface area contributed by atoms with Crippen LogP contribution in [0.4, 0.5) is 0 Å². The highest BCUT2D eigenvalue weighted by atomic mass is 16.5. The monoisotopic (exact) mass is 365 g/mol. The first kappa shape index (κ1) is 17.6. The molecule has 1 aromatic heterocycles. The summed E-state index contributed by atoms with van der Waals surface area (Å²) in [6, 6.07) is 11.0. The molecule has 1 aliphatic rings. The second-order valence-corrected chi connectivity index (χ2v) is 7.42. The van der Waals surface area contributed by atoms with E-state index >= 15 is 0 Å². The van der Waals surface area contributed by atoms with Crippen molar-refractivity contribution in [3.05, 3.63) is 52.4 Å². The van der Waals surface area contributed by atoms with E-state index in [-0.39, 0.29) is 18.1 Å². The van der Waals surface area contributed by atoms with Gasteiger partial charge in [0, 0.05) is 29.9 Å². The van der Waals surface area contributed by atoms with Gasteiger partial charge in [-0.15, -0.1) is 0 Å². The van der Waals surface area contributed by atoms with Crippen LogP contribution in [-0.4, -0.2) is 30.5 Å². The Morgan fingerprint density at radius 3 is 2.81 bits per heavy atom. The van der Waals surface area contributed by atoms with Crippen LogP contribution in [0.3, 0.4) is 0 Å². The Balaban J connectivity index is 1.61. The molecule has 0 saturated carbocycles. The second-order valence-electron chi connectivity index (χ2n) is 7.42. The number of carbonyl (C=O) groups is 1. The van der Waals surface area contributed by atoms with E-state index in [1.54, 1.807) is 12.1 Å². The molecule has 0 radical (unpaired) electrons. The summed E-state index contributed by atoms with van der Waals surface area (Å²) in [5, 5.41) is 2.33. The quantitative estimate of drug-likeness (QED) is 0.522. The first-order valence-electron chi connectivity index (χ1n) is 9.39. The summed E-state index contributed by atoms with van der Waals surface area (Å²) in [7, 11) is 0. The van der Waals surface area contributed by atoms with Gasteiger partial charge >= 0.3 is 5.63 Å². The average Bonchev–Trinajstić information content (AvgIpc) is 2.66. The topological polar surface area (TPSA) is 59.8 Å². The minimum Gasteiger partial charge on any atom is -0.484 e. The van der Waals surface area contributed by atoms with Crippen LogP contribution < -0.4 is 10.4 Å². The molecule has 4 rings (SSSR count). The molecule has 140 valence electrons. The van der Waals surface area contributed by atoms with Gasteiger partial charge in [-0.2, -0.15) is 0 Å². The van der Waals surface area contributed by atoms with Gasteiger partial charge in [-0.3, -0.25) is 4.79 Å². The van der Waals surface area contributed by atoms with E-state index in [0.29, 0.717) is 22.6 Å². The van der Waals surface area contributed by atoms with Gasteiger partial charge in [-0.1, -0.05) is 25.1 Å². The molecule has 1 unspecified atom stereocenters. The van der Waals surface area contributed by atoms with Gasteiger partial charge in [0.05, 0.1) is 5.39 Å². The summed E-state index contributed by atoms with van der Waals surface area (Å²) in [4.78, 5) is 26.5. The van der Waals surface area contributed by atoms with E-state index in [0.717, 1.165) is 35.8 Å². The molecule has 3 aromatic rings. The van der Waals surface area contributed by atoms with E-state index in [1.165, 1.54) is 6.42 Å². The Hall–Kier alpha value is -2.82. The molecule has 2 heterocycles. The molecular formula is C22H23NO4. The highest BCUT2D eigenvalue weighted by molar-refractivity contribution is 6.06. The summed E-state index contributed by atoms with van der Waals surface area (Å²) in [5.41, 5.74) is 1.06. The summed E-state index contributed by atoms with van der Waals surface area (Å²) in [5.74, 6) is 1.07. The van der Waals surface area contributed by atoms with Crippen LogP contribution >= 0.6 is 0 Å². The van der Waals surface area contributed by atoms with E-state index in [2.05, 4.69) is 6.92 Å². The third kappa shape index (κ3) is 3.42. The van der Waals surface area contributed by atoms with Gasteiger partial charge < -0.3 is 14.1 Å². The van der Waals surface area contributed by atoms with Crippen LogP contribution in [0.15, 0.2) is 45.6 Å². The van der Waals surface area contributed by atoms with Crippen LogP contribution in [0.25, 0.3) is 21.7 Å². The minimum absolute atomic E-state index is 0.000681. The summed E-state index contributed by atoms with van der Waals surface area (Å²) in [6.45, 7) is 5.70. The van der Waals surface area contributed by atoms with Crippen molar-refractivity contribution >= 4 is 27.6 Å². The van der Waals surface area contributed by atoms with E-state index in [4.69, 9.17) is 9.15 Å². The molecule has 1 atom stereocenters. The average molecular weight is 365 g/mol. The SMILES string of the molecule is Cc1cc(OCC(=O)N2CCCC(C)C2)cc2oc(=O)c3ccccc3c12. The van der Waals surface area contributed by atoms with Crippen molar-refractivity contribution in [2.45, 2.75) is 26.7 Å². The zero-order valence-corrected chi connectivity index (χ0v) is 15.7. The maximum absolute atomic E-state index is 12.4. The first-order valence-corrected chi connectivity index (χ1v) is 9.39. The number of carbonyl (C=O) groups excluding carboxylic acids is 1. The number of rotatable bonds is 3. The molecule has 0 bridgehead atoms. The maximum Gasteiger partial charge on any atom is 0.344 e. The van der Waals surface area contributed by atoms with Crippen molar-refractivity contribution in [3.63, 3.8) is 0 Å². The standard InChI is InChI=1S/C22H23NO4/c1-14-6-5-9-23(12-14)20(24)13-26-16-10-15(2)21-17-7-3-4-8-18(17)22(25)27-19(21)11-16/h3-4,7-8,10-11,14H,5-6,9,12-13H2,1-2H3. The molecule has 1 saturated heterocycles. The summed E-state index contributed by atoms with van der Waals surface area (Å²) >= 11 is 0. The van der Waals surface area contributed by atoms with Crippen molar-refractivity contribution in [2.24, 2.45) is 5.92 Å². The van der Waals surface area contributed by atoms with Gasteiger partial charge in [0.25, 0.3) is 5.91 Å². The number of hydrogen-bond donors (Lipinski definition) is 0. The Bertz CT molecular complexity index is 1070. The van der Waals surface area contributed by atoms with Crippen LogP contribution in [0.1, 0.15) is 25.3 Å². The van der Waals surface area contributed by atoms with Crippen molar-refractivity contribution in [1.82, 2.24) is 4.90 Å². The molecule has 0 spiro atoms. The molecule has 5 heteroatoms. The molecule has 27 heavy (non-hydrogen) atoms. The summed E-state index contributed by atoms with van der Waals surface area (Å²) < 4.78 is 11.2. The fraction of sp³-hybridized carbons (Fsp3) is 0.364. The lowest BCUT2D eigenvalue weighted by molar-refractivity contribution is -0.135. The van der Waals surface area contributed by atoms with Gasteiger partial charge in [0.2, 0.25) is 0 Å². The van der Waals surface area contributed by atoms with E-state index in [9.17, 15) is 9.59 Å². The largest absolute Gasteiger partial charge is 0.484 e. The third-order valence-electron chi connectivity index (χ3n) is 5.26. The number of amides is 1. The molecule has 0 aliphatic carbocycles. The number of aryl methyl sites for hydroxylation is 1. The highest BCUT2D eigenvalue weighted by Crippen LogP contribution is 2.30. The number of benzene rings is 2. The van der Waals surface area contributed by atoms with Crippen LogP contribution in [-0.2, 0) is 4.79 Å². The maximum atomic E-state index is 12.4. The third-order valence-corrected chi connectivity index (χ3v) is 5.26. The van der Waals surface area contributed by atoms with E-state index < -0.39 is 0 Å². The van der Waals surface area contributed by atoms with E-state index in [1.807, 2.05) is 36.1 Å². The van der Waals surface area contributed by atoms with Crippen LogP contribution in [0.2, 0.25) is 0 Å². The predicted molar refractivity (Wildman–Crippen MR) is 105 cm³/mol. The summed E-state index contributed by atoms with van der Waals surface area (Å²) in [6.07, 6.45) is 2.21. The second kappa shape index (κ2) is 7.06. The van der Waals surface area contributed by atoms with Crippen LogP contribution in [0, 0.1) is 12.8 Å². The van der Waals surface area contributed by atoms with Gasteiger partial charge in [-0.25, -0.2) is 4.79 Å². The smallest absolute Gasteiger partial charge is 0.344 e. The number of hydrogen-bond acceptors (Lipinski definition) is 4. The molecule has 1 aliphatic heterocycles. The molecule has 5 nitrogen and oxygen atoms in total. The molecule has 1 fully saturated rings. The fourth-order valence-corrected chi connectivity index (χ4v) is 3.92. The molecule has 2 aromatic carbocycles. The zero-order chi connectivity index (χ0) is 19.0. The number of nitrogens with zero attached hydrogens (tertiary/aromatic N) is 1. The molecule has 1 amide bonds. The van der Waals surface area contributed by atoms with Crippen molar-refractivity contribution in [2.75, 3.05) is 19.7 Å². The predicted octanol–water partition coefficient (Wildman–Crippen LogP) is 3.89. The highest BCUT2D eigenvalue weighted by Gasteiger charge is 2.21. The fourth-order valence-electron chi connectivity index (χ4n) is 3.92. The number of ether oxygens (including phenoxy) is 1. The minimum atomic E-state index is -0.368. The lowest BCUT2D eigenvalue weighted by Crippen LogP contribution is -2.41. The zero-order valence-electron chi connectivity index (χ0n) is 15.7. The number of fused-ring (bicyclic) bond motifs is 3. The van der Waals surface area contributed by atoms with Crippen molar-refractivity contribution in [3.8, 4) is 5.75 Å². The lowest BCUT2D eigenvalue weighted by atomic mass is 10.0. The number of piperidine rings is 1. The van der Waals surface area contributed by atoms with Gasteiger partial charge in [0.1, 0.15) is 11.3 Å². The van der Waals surface area contributed by atoms with Gasteiger partial charge in [0.15, 0.2) is 6.61 Å². The van der Waals surface area contributed by atoms with Crippen molar-refractivity contribution < 1.29 is 13.9 Å². The molecule has 0 N–H and O–H groups in total. The van der Waals surface area contributed by atoms with Crippen LogP contribution in [0.5, 0.6) is 5.75 Å². The Morgan fingerprint density at radius 2 is 2.04 bits per heavy atom. The number of likely N-dealkylation sites (tertiary alicyclic amines) is 1. The van der Waals surface area contributed by atoms with Gasteiger partial charge in [-0.05, 0) is 43.4 Å². The first-order chi connectivity index (χ1) is 13.0. The Labute approximate surface area is 157 Å². The Morgan fingerprint density at radius 1 is 1.26 bits per heavy atom. The van der Waals surface area contributed by atoms with Crippen molar-refractivity contribution in [1.29, 1.82) is 0 Å². The molecular weight excluding hydrogens is 342 g/mol. The lowest BCUT2D eigenvalue weighted by Gasteiger charge is -2.30.